The lowest BCUT2D eigenvalue weighted by atomic mass is 10.0. The van der Waals surface area contributed by atoms with Gasteiger partial charge in [-0.25, -0.2) is 4.98 Å². The number of hydrogen-bond donors (Lipinski definition) is 0. The molecule has 0 saturated carbocycles. The van der Waals surface area contributed by atoms with Gasteiger partial charge in [0.2, 0.25) is 5.88 Å². The number of carbonyl (C=O) groups is 1. The van der Waals surface area contributed by atoms with Gasteiger partial charge < -0.3 is 9.64 Å². The summed E-state index contributed by atoms with van der Waals surface area (Å²) in [6.45, 7) is 2.05. The Labute approximate surface area is 161 Å². The highest BCUT2D eigenvalue weighted by Crippen LogP contribution is 2.29. The fraction of sp³-hybridized carbons (Fsp3) is 0.455. The number of amides is 1. The molecule has 5 heteroatoms. The van der Waals surface area contributed by atoms with E-state index in [0.717, 1.165) is 38.8 Å². The molecule has 2 aromatic rings. The van der Waals surface area contributed by atoms with Gasteiger partial charge in [-0.15, -0.1) is 0 Å². The van der Waals surface area contributed by atoms with Crippen LogP contribution in [0.2, 0.25) is 0 Å². The maximum atomic E-state index is 13.0. The summed E-state index contributed by atoms with van der Waals surface area (Å²) in [7, 11) is 3.46. The molecule has 0 radical (unpaired) electrons. The fourth-order valence-electron chi connectivity index (χ4n) is 4.50. The standard InChI is InChI=1S/C22H27N3O2/c1-24(22(26)20-10-5-11-23-21(20)27-2)18-9-6-12-25(15-18)19-13-16-7-3-4-8-17(16)14-19/h3-5,7-8,10-11,18-19H,6,9,12-15H2,1-2H3/t18-/m0/s1. The first-order chi connectivity index (χ1) is 13.2. The number of carbonyl (C=O) groups excluding carboxylic acids is 1. The Morgan fingerprint density at radius 1 is 1.19 bits per heavy atom. The van der Waals surface area contributed by atoms with E-state index in [1.54, 1.807) is 25.4 Å². The maximum Gasteiger partial charge on any atom is 0.259 e. The first-order valence-electron chi connectivity index (χ1n) is 9.74. The van der Waals surface area contributed by atoms with Gasteiger partial charge in [0, 0.05) is 31.9 Å². The van der Waals surface area contributed by atoms with Crippen molar-refractivity contribution >= 4 is 5.91 Å². The van der Waals surface area contributed by atoms with Crippen molar-refractivity contribution in [3.05, 3.63) is 59.3 Å². The molecule has 1 aliphatic heterocycles. The molecule has 2 heterocycles. The molecule has 0 N–H and O–H groups in total. The van der Waals surface area contributed by atoms with E-state index in [-0.39, 0.29) is 11.9 Å². The molecule has 27 heavy (non-hydrogen) atoms. The third-order valence-electron chi connectivity index (χ3n) is 6.04. The van der Waals surface area contributed by atoms with Crippen LogP contribution >= 0.6 is 0 Å². The molecule has 0 bridgehead atoms. The molecule has 2 aliphatic rings. The molecule has 1 aromatic heterocycles. The molecule has 1 aromatic carbocycles. The Morgan fingerprint density at radius 3 is 2.63 bits per heavy atom. The van der Waals surface area contributed by atoms with Crippen LogP contribution in [0.15, 0.2) is 42.6 Å². The summed E-state index contributed by atoms with van der Waals surface area (Å²) in [6, 6.07) is 13.1. The second kappa shape index (κ2) is 7.69. The van der Waals surface area contributed by atoms with E-state index in [1.807, 2.05) is 11.9 Å². The lowest BCUT2D eigenvalue weighted by Gasteiger charge is -2.40. The number of methoxy groups -OCH3 is 1. The Bertz CT molecular complexity index is 798. The Balaban J connectivity index is 1.44. The Kier molecular flexibility index (Phi) is 5.12. The average Bonchev–Trinajstić information content (AvgIpc) is 3.17. The zero-order chi connectivity index (χ0) is 18.8. The number of pyridine rings is 1. The average molecular weight is 365 g/mol. The molecule has 4 rings (SSSR count). The maximum absolute atomic E-state index is 13.0. The molecule has 142 valence electrons. The highest BCUT2D eigenvalue weighted by atomic mass is 16.5. The van der Waals surface area contributed by atoms with Crippen LogP contribution in [0.25, 0.3) is 0 Å². The zero-order valence-corrected chi connectivity index (χ0v) is 16.1. The van der Waals surface area contributed by atoms with Gasteiger partial charge in [-0.3, -0.25) is 9.69 Å². The van der Waals surface area contributed by atoms with Crippen molar-refractivity contribution in [1.82, 2.24) is 14.8 Å². The Morgan fingerprint density at radius 2 is 1.93 bits per heavy atom. The predicted octanol–water partition coefficient (Wildman–Crippen LogP) is 2.79. The highest BCUT2D eigenvalue weighted by Gasteiger charge is 2.33. The number of nitrogens with zero attached hydrogens (tertiary/aromatic N) is 3. The lowest BCUT2D eigenvalue weighted by molar-refractivity contribution is 0.0552. The van der Waals surface area contributed by atoms with Crippen LogP contribution < -0.4 is 4.74 Å². The number of likely N-dealkylation sites (N-methyl/N-ethyl adjacent to an activating group) is 1. The first kappa shape index (κ1) is 18.0. The van der Waals surface area contributed by atoms with E-state index in [9.17, 15) is 4.79 Å². The third-order valence-corrected chi connectivity index (χ3v) is 6.04. The molecule has 0 spiro atoms. The summed E-state index contributed by atoms with van der Waals surface area (Å²) in [4.78, 5) is 21.6. The van der Waals surface area contributed by atoms with Crippen molar-refractivity contribution in [3.63, 3.8) is 0 Å². The number of likely N-dealkylation sites (tertiary alicyclic amines) is 1. The lowest BCUT2D eigenvalue weighted by Crippen LogP contribution is -2.51. The van der Waals surface area contributed by atoms with Crippen molar-refractivity contribution in [2.45, 2.75) is 37.8 Å². The van der Waals surface area contributed by atoms with Gasteiger partial charge in [-0.1, -0.05) is 24.3 Å². The molecule has 1 aliphatic carbocycles. The summed E-state index contributed by atoms with van der Waals surface area (Å²) in [5.41, 5.74) is 3.50. The van der Waals surface area contributed by atoms with Crippen LogP contribution in [-0.4, -0.2) is 60.0 Å². The van der Waals surface area contributed by atoms with Crippen LogP contribution in [0.4, 0.5) is 0 Å². The van der Waals surface area contributed by atoms with Gasteiger partial charge in [-0.05, 0) is 55.5 Å². The van der Waals surface area contributed by atoms with Crippen LogP contribution in [0.5, 0.6) is 5.88 Å². The van der Waals surface area contributed by atoms with Crippen molar-refractivity contribution < 1.29 is 9.53 Å². The van der Waals surface area contributed by atoms with Gasteiger partial charge in [-0.2, -0.15) is 0 Å². The number of hydrogen-bond acceptors (Lipinski definition) is 4. The number of aromatic nitrogens is 1. The summed E-state index contributed by atoms with van der Waals surface area (Å²) in [6.07, 6.45) is 6.06. The predicted molar refractivity (Wildman–Crippen MR) is 105 cm³/mol. The number of rotatable bonds is 4. The number of ether oxygens (including phenoxy) is 1. The smallest absolute Gasteiger partial charge is 0.259 e. The monoisotopic (exact) mass is 365 g/mol. The van der Waals surface area contributed by atoms with E-state index in [1.165, 1.54) is 11.1 Å². The third kappa shape index (κ3) is 3.56. The van der Waals surface area contributed by atoms with Gasteiger partial charge in [0.25, 0.3) is 5.91 Å². The molecule has 1 amide bonds. The van der Waals surface area contributed by atoms with Gasteiger partial charge >= 0.3 is 0 Å². The van der Waals surface area contributed by atoms with Crippen LogP contribution in [0.3, 0.4) is 0 Å². The van der Waals surface area contributed by atoms with Crippen LogP contribution in [0.1, 0.15) is 34.3 Å². The summed E-state index contributed by atoms with van der Waals surface area (Å²) < 4.78 is 5.27. The van der Waals surface area contributed by atoms with Gasteiger partial charge in [0.1, 0.15) is 5.56 Å². The molecule has 1 atom stereocenters. The van der Waals surface area contributed by atoms with E-state index in [4.69, 9.17) is 4.74 Å². The van der Waals surface area contributed by atoms with Gasteiger partial charge in [0.05, 0.1) is 7.11 Å². The van der Waals surface area contributed by atoms with E-state index >= 15 is 0 Å². The first-order valence-corrected chi connectivity index (χ1v) is 9.74. The number of piperidine rings is 1. The molecular weight excluding hydrogens is 338 g/mol. The highest BCUT2D eigenvalue weighted by molar-refractivity contribution is 5.96. The summed E-state index contributed by atoms with van der Waals surface area (Å²) in [5, 5.41) is 0. The van der Waals surface area contributed by atoms with Gasteiger partial charge in [0.15, 0.2) is 0 Å². The quantitative estimate of drug-likeness (QED) is 0.836. The topological polar surface area (TPSA) is 45.7 Å². The molecular formula is C22H27N3O2. The second-order valence-corrected chi connectivity index (χ2v) is 7.60. The fourth-order valence-corrected chi connectivity index (χ4v) is 4.50. The Hall–Kier alpha value is -2.40. The van der Waals surface area contributed by atoms with E-state index < -0.39 is 0 Å². The van der Waals surface area contributed by atoms with E-state index in [0.29, 0.717) is 17.5 Å². The summed E-state index contributed by atoms with van der Waals surface area (Å²) in [5.74, 6) is 0.384. The molecule has 5 nitrogen and oxygen atoms in total. The SMILES string of the molecule is COc1ncccc1C(=O)N(C)[C@H]1CCCN(C2Cc3ccccc3C2)C1. The second-order valence-electron chi connectivity index (χ2n) is 7.60. The van der Waals surface area contributed by atoms with E-state index in [2.05, 4.69) is 34.1 Å². The molecule has 1 fully saturated rings. The molecule has 0 unspecified atom stereocenters. The summed E-state index contributed by atoms with van der Waals surface area (Å²) >= 11 is 0. The number of benzene rings is 1. The van der Waals surface area contributed by atoms with Crippen molar-refractivity contribution in [3.8, 4) is 5.88 Å². The largest absolute Gasteiger partial charge is 0.480 e. The minimum absolute atomic E-state index is 0.0125. The van der Waals surface area contributed by atoms with Crippen LogP contribution in [0, 0.1) is 0 Å². The zero-order valence-electron chi connectivity index (χ0n) is 16.1. The molecule has 1 saturated heterocycles. The number of fused-ring (bicyclic) bond motifs is 1. The van der Waals surface area contributed by atoms with Crippen molar-refractivity contribution in [1.29, 1.82) is 0 Å². The minimum Gasteiger partial charge on any atom is -0.480 e. The van der Waals surface area contributed by atoms with Crippen LogP contribution in [-0.2, 0) is 12.8 Å². The normalized spacial score (nSPS) is 20.3. The van der Waals surface area contributed by atoms with Crippen molar-refractivity contribution in [2.75, 3.05) is 27.2 Å². The minimum atomic E-state index is -0.0125. The van der Waals surface area contributed by atoms with Crippen molar-refractivity contribution in [2.24, 2.45) is 0 Å².